The van der Waals surface area contributed by atoms with Gasteiger partial charge in [0.1, 0.15) is 0 Å². The second kappa shape index (κ2) is 6.90. The quantitative estimate of drug-likeness (QED) is 0.779. The van der Waals surface area contributed by atoms with Gasteiger partial charge in [-0.15, -0.1) is 0 Å². The molecule has 1 fully saturated rings. The van der Waals surface area contributed by atoms with Crippen molar-refractivity contribution in [1.82, 2.24) is 9.47 Å². The lowest BCUT2D eigenvalue weighted by atomic mass is 10.2. The lowest BCUT2D eigenvalue weighted by molar-refractivity contribution is 0.159. The van der Waals surface area contributed by atoms with Crippen LogP contribution in [0.15, 0.2) is 27.4 Å². The summed E-state index contributed by atoms with van der Waals surface area (Å²) in [6, 6.07) is 4.99. The van der Waals surface area contributed by atoms with Gasteiger partial charge in [0.05, 0.1) is 23.7 Å². The summed E-state index contributed by atoms with van der Waals surface area (Å²) < 4.78 is 30.4. The van der Waals surface area contributed by atoms with Crippen LogP contribution in [0.2, 0.25) is 5.02 Å². The zero-order valence-electron chi connectivity index (χ0n) is 13.6. The van der Waals surface area contributed by atoms with E-state index in [2.05, 4.69) is 11.8 Å². The first-order chi connectivity index (χ1) is 11.4. The molecule has 2 heterocycles. The first-order valence-electron chi connectivity index (χ1n) is 8.13. The van der Waals surface area contributed by atoms with Crippen LogP contribution in [0.25, 0.3) is 11.1 Å². The van der Waals surface area contributed by atoms with E-state index in [0.29, 0.717) is 29.2 Å². The maximum atomic E-state index is 12.2. The minimum absolute atomic E-state index is 0.0578. The Morgan fingerprint density at radius 1 is 1.42 bits per heavy atom. The van der Waals surface area contributed by atoms with Crippen molar-refractivity contribution in [1.29, 1.82) is 0 Å². The van der Waals surface area contributed by atoms with E-state index in [1.165, 1.54) is 4.57 Å². The number of sulfone groups is 1. The third kappa shape index (κ3) is 3.68. The maximum Gasteiger partial charge on any atom is 0.421 e. The van der Waals surface area contributed by atoms with E-state index >= 15 is 0 Å². The molecule has 132 valence electrons. The van der Waals surface area contributed by atoms with Crippen molar-refractivity contribution < 1.29 is 12.8 Å². The van der Waals surface area contributed by atoms with Crippen LogP contribution in [0, 0.1) is 0 Å². The third-order valence-electron chi connectivity index (χ3n) is 4.48. The highest BCUT2D eigenvalue weighted by Gasteiger charge is 2.32. The summed E-state index contributed by atoms with van der Waals surface area (Å²) in [6.45, 7) is 3.14. The van der Waals surface area contributed by atoms with Crippen molar-refractivity contribution in [3.8, 4) is 0 Å². The molecule has 2 aromatic rings. The van der Waals surface area contributed by atoms with E-state index in [4.69, 9.17) is 16.0 Å². The zero-order chi connectivity index (χ0) is 17.3. The number of benzene rings is 1. The van der Waals surface area contributed by atoms with E-state index in [1.807, 2.05) is 0 Å². The molecule has 24 heavy (non-hydrogen) atoms. The molecule has 3 rings (SSSR count). The topological polar surface area (TPSA) is 72.5 Å². The Bertz CT molecular complexity index is 887. The molecule has 0 aliphatic carbocycles. The minimum Gasteiger partial charge on any atom is -0.408 e. The van der Waals surface area contributed by atoms with Gasteiger partial charge in [0.25, 0.3) is 0 Å². The fraction of sp³-hybridized carbons (Fsp3) is 0.562. The summed E-state index contributed by atoms with van der Waals surface area (Å²) in [4.78, 5) is 14.3. The third-order valence-corrected chi connectivity index (χ3v) is 6.46. The molecule has 0 bridgehead atoms. The Kier molecular flexibility index (Phi) is 5.03. The number of halogens is 1. The van der Waals surface area contributed by atoms with Crippen molar-refractivity contribution in [2.24, 2.45) is 0 Å². The van der Waals surface area contributed by atoms with E-state index in [-0.39, 0.29) is 17.5 Å². The van der Waals surface area contributed by atoms with Crippen LogP contribution in [-0.2, 0) is 16.5 Å². The summed E-state index contributed by atoms with van der Waals surface area (Å²) in [5.74, 6) is -0.0792. The Balaban J connectivity index is 1.91. The Labute approximate surface area is 145 Å². The number of hydrogen-bond donors (Lipinski definition) is 0. The summed E-state index contributed by atoms with van der Waals surface area (Å²) >= 11 is 6.03. The standard InChI is InChI=1S/C16H21ClN2O4S/c1-2-3-7-18(13-6-8-24(21,22)10-13)11-19-14-9-12(17)4-5-15(14)23-16(19)20/h4-5,9,13H,2-3,6-8,10-11H2,1H3. The number of rotatable bonds is 6. The van der Waals surface area contributed by atoms with Gasteiger partial charge < -0.3 is 4.42 Å². The van der Waals surface area contributed by atoms with E-state index in [1.54, 1.807) is 18.2 Å². The van der Waals surface area contributed by atoms with Crippen LogP contribution >= 0.6 is 11.6 Å². The molecule has 1 atom stereocenters. The van der Waals surface area contributed by atoms with Gasteiger partial charge >= 0.3 is 5.76 Å². The van der Waals surface area contributed by atoms with E-state index in [9.17, 15) is 13.2 Å². The number of hydrogen-bond acceptors (Lipinski definition) is 5. The first-order valence-corrected chi connectivity index (χ1v) is 10.3. The SMILES string of the molecule is CCCCN(Cn1c(=O)oc2ccc(Cl)cc21)C1CCS(=O)(=O)C1. The summed E-state index contributed by atoms with van der Waals surface area (Å²) in [5, 5.41) is 0.528. The average Bonchev–Trinajstić information content (AvgIpc) is 3.03. The lowest BCUT2D eigenvalue weighted by Gasteiger charge is -2.27. The van der Waals surface area contributed by atoms with Crippen LogP contribution in [0.3, 0.4) is 0 Å². The van der Waals surface area contributed by atoms with Gasteiger partial charge in [-0.1, -0.05) is 24.9 Å². The summed E-state index contributed by atoms with van der Waals surface area (Å²) in [7, 11) is -2.98. The Morgan fingerprint density at radius 2 is 2.21 bits per heavy atom. The van der Waals surface area contributed by atoms with Gasteiger partial charge in [-0.2, -0.15) is 0 Å². The number of fused-ring (bicyclic) bond motifs is 1. The smallest absolute Gasteiger partial charge is 0.408 e. The van der Waals surface area contributed by atoms with E-state index < -0.39 is 15.6 Å². The van der Waals surface area contributed by atoms with Gasteiger partial charge in [0.15, 0.2) is 15.4 Å². The fourth-order valence-corrected chi connectivity index (χ4v) is 5.07. The average molecular weight is 373 g/mol. The number of oxazole rings is 1. The number of nitrogens with zero attached hydrogens (tertiary/aromatic N) is 2. The van der Waals surface area contributed by atoms with Crippen molar-refractivity contribution >= 4 is 32.5 Å². The summed E-state index contributed by atoms with van der Waals surface area (Å²) in [6.07, 6.45) is 2.56. The first kappa shape index (κ1) is 17.5. The van der Waals surface area contributed by atoms with Crippen molar-refractivity contribution in [3.63, 3.8) is 0 Å². The van der Waals surface area contributed by atoms with Crippen molar-refractivity contribution in [2.75, 3.05) is 18.1 Å². The number of aromatic nitrogens is 1. The molecule has 6 nitrogen and oxygen atoms in total. The largest absolute Gasteiger partial charge is 0.421 e. The molecule has 1 aromatic heterocycles. The van der Waals surface area contributed by atoms with Gasteiger partial charge in [0.2, 0.25) is 0 Å². The monoisotopic (exact) mass is 372 g/mol. The van der Waals surface area contributed by atoms with Gasteiger partial charge in [-0.3, -0.25) is 9.47 Å². The molecule has 1 unspecified atom stereocenters. The van der Waals surface area contributed by atoms with Gasteiger partial charge in [-0.05, 0) is 31.0 Å². The Hall–Kier alpha value is -1.31. The van der Waals surface area contributed by atoms with Crippen LogP contribution in [-0.4, -0.2) is 42.0 Å². The van der Waals surface area contributed by atoms with Crippen LogP contribution in [0.1, 0.15) is 26.2 Å². The molecule has 8 heteroatoms. The highest BCUT2D eigenvalue weighted by atomic mass is 35.5. The maximum absolute atomic E-state index is 12.2. The minimum atomic E-state index is -2.98. The van der Waals surface area contributed by atoms with Crippen LogP contribution < -0.4 is 5.76 Å². The number of unbranched alkanes of at least 4 members (excludes halogenated alkanes) is 1. The molecule has 0 radical (unpaired) electrons. The predicted octanol–water partition coefficient (Wildman–Crippen LogP) is 2.49. The van der Waals surface area contributed by atoms with Gasteiger partial charge in [-0.25, -0.2) is 13.2 Å². The van der Waals surface area contributed by atoms with Gasteiger partial charge in [0, 0.05) is 17.6 Å². The second-order valence-corrected chi connectivity index (χ2v) is 8.94. The van der Waals surface area contributed by atoms with E-state index in [0.717, 1.165) is 19.4 Å². The molecule has 1 aliphatic heterocycles. The highest BCUT2D eigenvalue weighted by molar-refractivity contribution is 7.91. The molecule has 1 aromatic carbocycles. The van der Waals surface area contributed by atoms with Crippen molar-refractivity contribution in [2.45, 2.75) is 38.9 Å². The van der Waals surface area contributed by atoms with Crippen LogP contribution in [0.4, 0.5) is 0 Å². The molecule has 0 saturated carbocycles. The lowest BCUT2D eigenvalue weighted by Crippen LogP contribution is -2.40. The fourth-order valence-electron chi connectivity index (χ4n) is 3.14. The summed E-state index contributed by atoms with van der Waals surface area (Å²) in [5.41, 5.74) is 1.12. The molecule has 1 aliphatic rings. The molecule has 0 spiro atoms. The Morgan fingerprint density at radius 3 is 2.88 bits per heavy atom. The van der Waals surface area contributed by atoms with Crippen molar-refractivity contribution in [3.05, 3.63) is 33.8 Å². The molecule has 1 saturated heterocycles. The second-order valence-electron chi connectivity index (χ2n) is 6.27. The highest BCUT2D eigenvalue weighted by Crippen LogP contribution is 2.22. The molecular formula is C16H21ClN2O4S. The zero-order valence-corrected chi connectivity index (χ0v) is 15.1. The normalized spacial score (nSPS) is 20.2. The van der Waals surface area contributed by atoms with Crippen LogP contribution in [0.5, 0.6) is 0 Å². The molecule has 0 N–H and O–H groups in total. The molecule has 0 amide bonds. The molecular weight excluding hydrogens is 352 g/mol. The predicted molar refractivity (Wildman–Crippen MR) is 94.2 cm³/mol.